The van der Waals surface area contributed by atoms with E-state index < -0.39 is 10.8 Å². The van der Waals surface area contributed by atoms with E-state index in [1.54, 1.807) is 30.6 Å². The monoisotopic (exact) mass is 479 g/mol. The number of nitrogens with zero attached hydrogens (tertiary/aromatic N) is 4. The quantitative estimate of drug-likeness (QED) is 0.314. The molecule has 2 heterocycles. The summed E-state index contributed by atoms with van der Waals surface area (Å²) in [5.41, 5.74) is 2.85. The average Bonchev–Trinajstić information content (AvgIpc) is 2.86. The highest BCUT2D eigenvalue weighted by Gasteiger charge is 2.52. The highest BCUT2D eigenvalue weighted by atomic mass is 16.6. The van der Waals surface area contributed by atoms with Gasteiger partial charge in [0.2, 0.25) is 5.88 Å². The van der Waals surface area contributed by atoms with Crippen LogP contribution in [0.5, 0.6) is 11.6 Å². The van der Waals surface area contributed by atoms with Crippen LogP contribution in [0.25, 0.3) is 0 Å². The molecule has 180 valence electrons. The van der Waals surface area contributed by atoms with Gasteiger partial charge in [0.25, 0.3) is 5.69 Å². The van der Waals surface area contributed by atoms with Gasteiger partial charge in [-0.2, -0.15) is 5.26 Å². The zero-order chi connectivity index (χ0) is 24.6. The number of nitrogens with one attached hydrogen (secondary N) is 1. The molecule has 8 nitrogen and oxygen atoms in total. The second-order valence-corrected chi connectivity index (χ2v) is 11.1. The van der Waals surface area contributed by atoms with Crippen molar-refractivity contribution in [2.24, 2.45) is 17.8 Å². The summed E-state index contributed by atoms with van der Waals surface area (Å²) in [4.78, 5) is 15.9. The van der Waals surface area contributed by atoms with Crippen molar-refractivity contribution in [1.82, 2.24) is 9.55 Å². The molecule has 0 amide bonds. The number of non-ortho nitro benzene ring substituents is 1. The standard InChI is InChI=1S/C28H25N5O3/c29-14-16-4-5-22-23(9-16)36-27-25(24(22)20-2-1-3-21(10-20)33(34)35)26(30)32(15-31-27)28-11-17-6-18(12-28)8-19(7-17)13-28/h1-5,9-10,15,17-19,24,30H,6-8,11-13H2. The highest BCUT2D eigenvalue weighted by molar-refractivity contribution is 5.58. The number of ether oxygens (including phenoxy) is 1. The molecule has 4 saturated carbocycles. The summed E-state index contributed by atoms with van der Waals surface area (Å²) in [6.45, 7) is 0. The van der Waals surface area contributed by atoms with Crippen molar-refractivity contribution in [2.75, 3.05) is 0 Å². The Labute approximate surface area is 207 Å². The second kappa shape index (κ2) is 7.50. The lowest BCUT2D eigenvalue weighted by Crippen LogP contribution is -2.55. The number of nitro groups is 1. The molecule has 1 aromatic heterocycles. The fourth-order valence-electron chi connectivity index (χ4n) is 7.88. The average molecular weight is 480 g/mol. The molecule has 1 atom stereocenters. The summed E-state index contributed by atoms with van der Waals surface area (Å²) < 4.78 is 8.27. The Morgan fingerprint density at radius 3 is 2.50 bits per heavy atom. The first-order valence-corrected chi connectivity index (χ1v) is 12.6. The molecule has 36 heavy (non-hydrogen) atoms. The van der Waals surface area contributed by atoms with Crippen molar-refractivity contribution in [3.05, 3.63) is 86.6 Å². The topological polar surface area (TPSA) is 118 Å². The van der Waals surface area contributed by atoms with E-state index in [4.69, 9.17) is 9.72 Å². The number of benzene rings is 2. The molecule has 3 aromatic rings. The molecule has 4 aliphatic carbocycles. The summed E-state index contributed by atoms with van der Waals surface area (Å²) in [6, 6.07) is 14.0. The van der Waals surface area contributed by atoms with E-state index in [1.807, 2.05) is 12.1 Å². The van der Waals surface area contributed by atoms with Crippen LogP contribution in [0.3, 0.4) is 0 Å². The van der Waals surface area contributed by atoms with Crippen LogP contribution in [0.1, 0.15) is 66.7 Å². The van der Waals surface area contributed by atoms with Crippen LogP contribution in [0, 0.1) is 44.6 Å². The van der Waals surface area contributed by atoms with Gasteiger partial charge in [0, 0.05) is 29.2 Å². The van der Waals surface area contributed by atoms with Crippen molar-refractivity contribution in [3.63, 3.8) is 0 Å². The molecule has 0 radical (unpaired) electrons. The first kappa shape index (κ1) is 21.3. The van der Waals surface area contributed by atoms with Gasteiger partial charge in [0.05, 0.1) is 22.1 Å². The van der Waals surface area contributed by atoms with Gasteiger partial charge in [-0.1, -0.05) is 18.2 Å². The predicted octanol–water partition coefficient (Wildman–Crippen LogP) is 5.35. The summed E-state index contributed by atoms with van der Waals surface area (Å²) in [7, 11) is 0. The number of nitriles is 1. The van der Waals surface area contributed by atoms with E-state index in [0.717, 1.165) is 24.8 Å². The minimum Gasteiger partial charge on any atom is -0.438 e. The third kappa shape index (κ3) is 3.05. The Morgan fingerprint density at radius 2 is 1.83 bits per heavy atom. The largest absolute Gasteiger partial charge is 0.438 e. The maximum Gasteiger partial charge on any atom is 0.269 e. The third-order valence-corrected chi connectivity index (χ3v) is 8.90. The van der Waals surface area contributed by atoms with Gasteiger partial charge < -0.3 is 9.30 Å². The molecule has 8 heteroatoms. The van der Waals surface area contributed by atoms with E-state index in [0.29, 0.717) is 51.6 Å². The number of aromatic nitrogens is 2. The first-order valence-electron chi connectivity index (χ1n) is 12.6. The Hall–Kier alpha value is -3.99. The molecule has 1 unspecified atom stereocenters. The molecular formula is C28H25N5O3. The van der Waals surface area contributed by atoms with E-state index in [2.05, 4.69) is 10.6 Å². The lowest BCUT2D eigenvalue weighted by atomic mass is 9.53. The smallest absolute Gasteiger partial charge is 0.269 e. The van der Waals surface area contributed by atoms with E-state index in [1.165, 1.54) is 25.3 Å². The van der Waals surface area contributed by atoms with Gasteiger partial charge in [0.1, 0.15) is 17.6 Å². The van der Waals surface area contributed by atoms with Crippen molar-refractivity contribution < 1.29 is 9.66 Å². The molecular weight excluding hydrogens is 454 g/mol. The first-order chi connectivity index (χ1) is 17.4. The number of hydrogen-bond acceptors (Lipinski definition) is 6. The van der Waals surface area contributed by atoms with E-state index in [9.17, 15) is 20.8 Å². The molecule has 0 spiro atoms. The number of fused-ring (bicyclic) bond motifs is 2. The van der Waals surface area contributed by atoms with Gasteiger partial charge in [0.15, 0.2) is 0 Å². The normalized spacial score (nSPS) is 29.1. The number of nitro benzene ring substituents is 1. The van der Waals surface area contributed by atoms with Crippen molar-refractivity contribution in [1.29, 1.82) is 10.7 Å². The summed E-state index contributed by atoms with van der Waals surface area (Å²) >= 11 is 0. The zero-order valence-electron chi connectivity index (χ0n) is 19.7. The van der Waals surface area contributed by atoms with Crippen molar-refractivity contribution >= 4 is 5.69 Å². The Bertz CT molecular complexity index is 1500. The minimum atomic E-state index is -0.460. The predicted molar refractivity (Wildman–Crippen MR) is 130 cm³/mol. The zero-order valence-corrected chi connectivity index (χ0v) is 19.7. The van der Waals surface area contributed by atoms with Crippen LogP contribution in [0.4, 0.5) is 5.69 Å². The maximum absolute atomic E-state index is 11.6. The van der Waals surface area contributed by atoms with Gasteiger partial charge in [-0.05, 0) is 74.0 Å². The third-order valence-electron chi connectivity index (χ3n) is 8.90. The lowest BCUT2D eigenvalue weighted by molar-refractivity contribution is -0.384. The van der Waals surface area contributed by atoms with Gasteiger partial charge >= 0.3 is 0 Å². The Morgan fingerprint density at radius 1 is 1.11 bits per heavy atom. The minimum absolute atomic E-state index is 0.000110. The van der Waals surface area contributed by atoms with E-state index >= 15 is 0 Å². The maximum atomic E-state index is 11.6. The van der Waals surface area contributed by atoms with Crippen LogP contribution < -0.4 is 10.2 Å². The van der Waals surface area contributed by atoms with Crippen LogP contribution >= 0.6 is 0 Å². The van der Waals surface area contributed by atoms with Crippen molar-refractivity contribution in [3.8, 4) is 17.7 Å². The molecule has 4 bridgehead atoms. The molecule has 4 fully saturated rings. The Kier molecular flexibility index (Phi) is 4.44. The van der Waals surface area contributed by atoms with Crippen LogP contribution in [-0.4, -0.2) is 14.5 Å². The highest BCUT2D eigenvalue weighted by Crippen LogP contribution is 2.58. The number of hydrogen-bond donors (Lipinski definition) is 1. The van der Waals surface area contributed by atoms with Gasteiger partial charge in [-0.15, -0.1) is 0 Å². The molecule has 0 saturated heterocycles. The molecule has 1 aliphatic heterocycles. The fraction of sp³-hybridized carbons (Fsp3) is 0.393. The number of rotatable bonds is 3. The molecule has 2 aromatic carbocycles. The Balaban J connectivity index is 1.43. The van der Waals surface area contributed by atoms with Gasteiger partial charge in [-0.25, -0.2) is 4.98 Å². The summed E-state index contributed by atoms with van der Waals surface area (Å²) in [5, 5.41) is 30.5. The van der Waals surface area contributed by atoms with Crippen LogP contribution in [0.15, 0.2) is 48.8 Å². The van der Waals surface area contributed by atoms with Crippen LogP contribution in [-0.2, 0) is 5.54 Å². The lowest BCUT2D eigenvalue weighted by Gasteiger charge is -2.57. The van der Waals surface area contributed by atoms with Gasteiger partial charge in [-0.3, -0.25) is 15.5 Å². The second-order valence-electron chi connectivity index (χ2n) is 11.1. The fourth-order valence-corrected chi connectivity index (χ4v) is 7.88. The van der Waals surface area contributed by atoms with Crippen LogP contribution in [0.2, 0.25) is 0 Å². The van der Waals surface area contributed by atoms with E-state index in [-0.39, 0.29) is 11.2 Å². The summed E-state index contributed by atoms with van der Waals surface area (Å²) in [6.07, 6.45) is 8.94. The summed E-state index contributed by atoms with van der Waals surface area (Å²) in [5.74, 6) is 2.52. The molecule has 1 N–H and O–H groups in total. The molecule has 5 aliphatic rings. The SMILES string of the molecule is N#Cc1ccc2c(c1)Oc1ncn(C34CC5CC(CC(C5)C3)C4)c(=N)c1C2c1cccc([N+](=O)[O-])c1. The van der Waals surface area contributed by atoms with Crippen molar-refractivity contribution in [2.45, 2.75) is 50.0 Å². The molecule has 8 rings (SSSR count).